The molecule has 0 atom stereocenters. The van der Waals surface area contributed by atoms with Gasteiger partial charge in [-0.2, -0.15) is 0 Å². The van der Waals surface area contributed by atoms with Crippen molar-refractivity contribution in [3.05, 3.63) is 12.2 Å². The Bertz CT molecular complexity index is 475. The zero-order valence-electron chi connectivity index (χ0n) is 6.40. The van der Waals surface area contributed by atoms with Crippen molar-refractivity contribution in [3.8, 4) is 0 Å². The number of hydrogen-bond donors (Lipinski definition) is 3. The highest BCUT2D eigenvalue weighted by atomic mass is 16.1. The number of primary amides is 1. The topological polar surface area (TPSA) is 124 Å². The number of nitrogens with one attached hydrogen (secondary N) is 1. The predicted molar refractivity (Wildman–Crippen MR) is 43.4 cm³/mol. The summed E-state index contributed by atoms with van der Waals surface area (Å²) in [5.74, 6) is -0.498. The summed E-state index contributed by atoms with van der Waals surface area (Å²) >= 11 is 0. The first kappa shape index (κ1) is 7.47. The number of nitrogen functional groups attached to an aromatic ring is 1. The number of H-pyrrole nitrogens is 1. The summed E-state index contributed by atoms with van der Waals surface area (Å²) in [5, 5.41) is 0. The van der Waals surface area contributed by atoms with Crippen LogP contribution in [0.3, 0.4) is 0 Å². The Hall–Kier alpha value is -2.18. The molecule has 0 aliphatic heterocycles. The molecule has 0 saturated carbocycles. The zero-order chi connectivity index (χ0) is 9.42. The molecule has 7 nitrogen and oxygen atoms in total. The zero-order valence-corrected chi connectivity index (χ0v) is 6.40. The minimum absolute atomic E-state index is 0.00981. The van der Waals surface area contributed by atoms with E-state index in [9.17, 15) is 4.79 Å². The number of aromatic amines is 1. The molecule has 13 heavy (non-hydrogen) atoms. The van der Waals surface area contributed by atoms with Gasteiger partial charge in [0.15, 0.2) is 22.8 Å². The molecule has 0 saturated heterocycles. The quantitative estimate of drug-likeness (QED) is 0.506. The summed E-state index contributed by atoms with van der Waals surface area (Å²) in [6.45, 7) is 0. The van der Waals surface area contributed by atoms with Crippen molar-refractivity contribution in [3.63, 3.8) is 0 Å². The van der Waals surface area contributed by atoms with Crippen LogP contribution in [0, 0.1) is 6.33 Å². The summed E-state index contributed by atoms with van der Waals surface area (Å²) in [6.07, 6.45) is 2.31. The second kappa shape index (κ2) is 2.41. The van der Waals surface area contributed by atoms with Crippen LogP contribution < -0.4 is 11.5 Å². The molecule has 65 valence electrons. The maximum atomic E-state index is 10.7. The molecule has 0 aliphatic rings. The Morgan fingerprint density at radius 2 is 2.23 bits per heavy atom. The highest BCUT2D eigenvalue weighted by molar-refractivity contribution is 5.93. The van der Waals surface area contributed by atoms with E-state index in [1.54, 1.807) is 0 Å². The van der Waals surface area contributed by atoms with Crippen LogP contribution in [0.4, 0.5) is 5.82 Å². The molecule has 5 N–H and O–H groups in total. The van der Waals surface area contributed by atoms with Gasteiger partial charge >= 0.3 is 0 Å². The van der Waals surface area contributed by atoms with Gasteiger partial charge in [-0.05, 0) is 0 Å². The van der Waals surface area contributed by atoms with E-state index in [-0.39, 0.29) is 11.6 Å². The molecular weight excluding hydrogens is 172 g/mol. The smallest absolute Gasteiger partial charge is 0.284 e. The van der Waals surface area contributed by atoms with Gasteiger partial charge < -0.3 is 16.5 Å². The van der Waals surface area contributed by atoms with Gasteiger partial charge in [0.2, 0.25) is 6.33 Å². The monoisotopic (exact) mass is 177 g/mol. The largest absolute Gasteiger partial charge is 0.382 e. The van der Waals surface area contributed by atoms with E-state index >= 15 is 0 Å². The van der Waals surface area contributed by atoms with Crippen molar-refractivity contribution in [1.82, 2.24) is 19.9 Å². The van der Waals surface area contributed by atoms with Crippen LogP contribution in [0.25, 0.3) is 11.2 Å². The summed E-state index contributed by atoms with van der Waals surface area (Å²) < 4.78 is 0. The SMILES string of the molecule is NC(=O)c1nc2c(N)n[c]nc2[nH]1. The first-order valence-corrected chi connectivity index (χ1v) is 3.37. The number of amides is 1. The number of hydrogen-bond acceptors (Lipinski definition) is 5. The molecular formula is C6H5N6O. The normalized spacial score (nSPS) is 10.5. The summed E-state index contributed by atoms with van der Waals surface area (Å²) in [6, 6.07) is 0. The number of carbonyl (C=O) groups is 1. The first-order valence-electron chi connectivity index (χ1n) is 3.37. The number of imidazole rings is 1. The fourth-order valence-electron chi connectivity index (χ4n) is 0.922. The van der Waals surface area contributed by atoms with E-state index < -0.39 is 5.91 Å². The third-order valence-corrected chi connectivity index (χ3v) is 1.49. The lowest BCUT2D eigenvalue weighted by Gasteiger charge is -1.87. The van der Waals surface area contributed by atoms with Gasteiger partial charge in [0.25, 0.3) is 5.91 Å². The fourth-order valence-corrected chi connectivity index (χ4v) is 0.922. The summed E-state index contributed by atoms with van der Waals surface area (Å²) in [4.78, 5) is 24.4. The Morgan fingerprint density at radius 1 is 1.46 bits per heavy atom. The Morgan fingerprint density at radius 3 is 2.85 bits per heavy atom. The van der Waals surface area contributed by atoms with Gasteiger partial charge in [0.1, 0.15) is 0 Å². The maximum absolute atomic E-state index is 10.7. The van der Waals surface area contributed by atoms with E-state index in [2.05, 4.69) is 26.3 Å². The van der Waals surface area contributed by atoms with Crippen molar-refractivity contribution in [1.29, 1.82) is 0 Å². The molecule has 2 aromatic heterocycles. The third-order valence-electron chi connectivity index (χ3n) is 1.49. The molecule has 0 bridgehead atoms. The van der Waals surface area contributed by atoms with Crippen LogP contribution in [0.2, 0.25) is 0 Å². The van der Waals surface area contributed by atoms with E-state index in [1.807, 2.05) is 0 Å². The highest BCUT2D eigenvalue weighted by Gasteiger charge is 2.10. The first-order chi connectivity index (χ1) is 6.18. The number of carbonyl (C=O) groups excluding carboxylic acids is 1. The minimum atomic E-state index is -0.669. The van der Waals surface area contributed by atoms with Gasteiger partial charge in [-0.3, -0.25) is 4.79 Å². The van der Waals surface area contributed by atoms with E-state index in [4.69, 9.17) is 11.5 Å². The Kier molecular flexibility index (Phi) is 1.38. The molecule has 0 fully saturated rings. The van der Waals surface area contributed by atoms with Gasteiger partial charge in [-0.1, -0.05) is 0 Å². The average Bonchev–Trinajstić information content (AvgIpc) is 2.49. The highest BCUT2D eigenvalue weighted by Crippen LogP contribution is 2.12. The van der Waals surface area contributed by atoms with Crippen LogP contribution in [0.1, 0.15) is 10.6 Å². The lowest BCUT2D eigenvalue weighted by atomic mass is 10.5. The van der Waals surface area contributed by atoms with Crippen molar-refractivity contribution >= 4 is 22.9 Å². The van der Waals surface area contributed by atoms with Crippen LogP contribution in [-0.2, 0) is 0 Å². The Balaban J connectivity index is 2.75. The minimum Gasteiger partial charge on any atom is -0.382 e. The van der Waals surface area contributed by atoms with Crippen molar-refractivity contribution in [2.75, 3.05) is 5.73 Å². The molecule has 0 aliphatic carbocycles. The lowest BCUT2D eigenvalue weighted by molar-refractivity contribution is 0.0991. The van der Waals surface area contributed by atoms with E-state index in [0.29, 0.717) is 11.2 Å². The molecule has 1 radical (unpaired) electrons. The van der Waals surface area contributed by atoms with Crippen LogP contribution in [-0.4, -0.2) is 25.8 Å². The average molecular weight is 177 g/mol. The number of anilines is 1. The van der Waals surface area contributed by atoms with Crippen molar-refractivity contribution in [2.24, 2.45) is 5.73 Å². The van der Waals surface area contributed by atoms with Gasteiger partial charge in [-0.25, -0.2) is 15.0 Å². The molecule has 2 rings (SSSR count). The van der Waals surface area contributed by atoms with E-state index in [0.717, 1.165) is 0 Å². The molecule has 7 heteroatoms. The van der Waals surface area contributed by atoms with Gasteiger partial charge in [-0.15, -0.1) is 0 Å². The number of aromatic nitrogens is 4. The Labute approximate surface area is 72.2 Å². The molecule has 2 heterocycles. The standard InChI is InChI=1S/C6H5N6O/c7-3-2-5(10-1-9-3)12-6(11-2)4(8)13/h(H2,8,13)(H3,7,9,10,11,12). The molecule has 0 aromatic carbocycles. The summed E-state index contributed by atoms with van der Waals surface area (Å²) in [5.41, 5.74) is 11.1. The predicted octanol–water partition coefficient (Wildman–Crippen LogP) is -1.17. The second-order valence-corrected chi connectivity index (χ2v) is 2.36. The van der Waals surface area contributed by atoms with Gasteiger partial charge in [0.05, 0.1) is 0 Å². The fraction of sp³-hybridized carbons (Fsp3) is 0. The third kappa shape index (κ3) is 1.06. The molecule has 2 aromatic rings. The van der Waals surface area contributed by atoms with Crippen LogP contribution in [0.15, 0.2) is 0 Å². The molecule has 0 spiro atoms. The van der Waals surface area contributed by atoms with Crippen LogP contribution in [0.5, 0.6) is 0 Å². The van der Waals surface area contributed by atoms with Crippen molar-refractivity contribution in [2.45, 2.75) is 0 Å². The number of fused-ring (bicyclic) bond motifs is 1. The molecule has 0 unspecified atom stereocenters. The lowest BCUT2D eigenvalue weighted by Crippen LogP contribution is -2.12. The van der Waals surface area contributed by atoms with Crippen LogP contribution >= 0.6 is 0 Å². The summed E-state index contributed by atoms with van der Waals surface area (Å²) in [7, 11) is 0. The van der Waals surface area contributed by atoms with Gasteiger partial charge in [0, 0.05) is 0 Å². The number of nitrogens with two attached hydrogens (primary N) is 2. The number of rotatable bonds is 1. The van der Waals surface area contributed by atoms with Crippen molar-refractivity contribution < 1.29 is 4.79 Å². The second-order valence-electron chi connectivity index (χ2n) is 2.36. The molecule has 1 amide bonds. The maximum Gasteiger partial charge on any atom is 0.284 e. The number of nitrogens with zero attached hydrogens (tertiary/aromatic N) is 3. The van der Waals surface area contributed by atoms with E-state index in [1.165, 1.54) is 0 Å².